The van der Waals surface area contributed by atoms with E-state index in [-0.39, 0.29) is 4.99 Å². The van der Waals surface area contributed by atoms with Crippen molar-refractivity contribution in [1.82, 2.24) is 0 Å². The fourth-order valence-electron chi connectivity index (χ4n) is 3.63. The Morgan fingerprint density at radius 3 is 1.93 bits per heavy atom. The number of hydrogen-bond acceptors (Lipinski definition) is 5. The van der Waals surface area contributed by atoms with Crippen LogP contribution in [-0.4, -0.2) is 4.99 Å². The second-order valence-corrected chi connectivity index (χ2v) is 8.57. The number of thioether (sulfide) groups is 1. The fraction of sp³-hybridized carbons (Fsp3) is 0.227. The molecule has 4 N–H and O–H groups in total. The minimum Gasteiger partial charge on any atom is -0.393 e. The molecule has 0 aliphatic carbocycles. The fourth-order valence-corrected chi connectivity index (χ4v) is 5.33. The molecule has 6 heteroatoms. The zero-order chi connectivity index (χ0) is 20.5. The lowest BCUT2D eigenvalue weighted by atomic mass is 9.65. The minimum atomic E-state index is -1.28. The second kappa shape index (κ2) is 7.67. The van der Waals surface area contributed by atoms with E-state index in [4.69, 9.17) is 23.7 Å². The van der Waals surface area contributed by atoms with E-state index < -0.39 is 16.6 Å². The number of nitrogens with zero attached hydrogens (tertiary/aromatic N) is 2. The van der Waals surface area contributed by atoms with E-state index in [1.54, 1.807) is 0 Å². The number of thiocarbonyl (C=S) groups is 1. The predicted octanol–water partition coefficient (Wildman–Crippen LogP) is 4.37. The van der Waals surface area contributed by atoms with Gasteiger partial charge in [0.15, 0.2) is 0 Å². The number of nitrogens with two attached hydrogens (primary N) is 2. The predicted molar refractivity (Wildman–Crippen MR) is 117 cm³/mol. The first-order valence-corrected chi connectivity index (χ1v) is 10.0. The van der Waals surface area contributed by atoms with Crippen LogP contribution >= 0.6 is 24.0 Å². The molecule has 0 fully saturated rings. The van der Waals surface area contributed by atoms with E-state index in [0.29, 0.717) is 10.6 Å². The van der Waals surface area contributed by atoms with Gasteiger partial charge in [-0.05, 0) is 25.0 Å². The Bertz CT molecular complexity index is 1030. The Morgan fingerprint density at radius 2 is 1.50 bits per heavy atom. The monoisotopic (exact) mass is 404 g/mol. The topological polar surface area (TPSA) is 99.6 Å². The van der Waals surface area contributed by atoms with Crippen LogP contribution in [0.2, 0.25) is 0 Å². The maximum Gasteiger partial charge on any atom is 0.135 e. The molecule has 4 nitrogen and oxygen atoms in total. The third-order valence-electron chi connectivity index (χ3n) is 5.17. The first kappa shape index (κ1) is 19.9. The van der Waals surface area contributed by atoms with Crippen molar-refractivity contribution in [1.29, 1.82) is 10.5 Å². The second-order valence-electron chi connectivity index (χ2n) is 6.99. The van der Waals surface area contributed by atoms with Crippen molar-refractivity contribution >= 4 is 29.0 Å². The van der Waals surface area contributed by atoms with E-state index >= 15 is 0 Å². The van der Waals surface area contributed by atoms with E-state index in [9.17, 15) is 10.5 Å². The highest BCUT2D eigenvalue weighted by molar-refractivity contribution is 8.03. The molecule has 0 amide bonds. The van der Waals surface area contributed by atoms with Crippen LogP contribution in [0, 0.1) is 41.9 Å². The number of aryl methyl sites for hydroxylation is 2. The van der Waals surface area contributed by atoms with Gasteiger partial charge in [-0.2, -0.15) is 10.5 Å². The molecule has 0 saturated carbocycles. The molecule has 0 aromatic heterocycles. The highest BCUT2D eigenvalue weighted by Crippen LogP contribution is 2.60. The number of allylic oxidation sites excluding steroid dienone is 1. The molecular formula is C22H20N4S2. The summed E-state index contributed by atoms with van der Waals surface area (Å²) in [5.74, 6) is -0.631. The summed E-state index contributed by atoms with van der Waals surface area (Å²) in [6.45, 7) is 3.98. The van der Waals surface area contributed by atoms with Crippen LogP contribution in [0.3, 0.4) is 0 Å². The minimum absolute atomic E-state index is 0.0684. The molecule has 1 aliphatic heterocycles. The summed E-state index contributed by atoms with van der Waals surface area (Å²) in [6, 6.07) is 20.2. The van der Waals surface area contributed by atoms with Gasteiger partial charge in [0.2, 0.25) is 0 Å². The third kappa shape index (κ3) is 3.16. The van der Waals surface area contributed by atoms with Crippen molar-refractivity contribution in [2.75, 3.05) is 0 Å². The van der Waals surface area contributed by atoms with Gasteiger partial charge in [0.05, 0.1) is 33.0 Å². The molecule has 3 rings (SSSR count). The largest absolute Gasteiger partial charge is 0.393 e. The quantitative estimate of drug-likeness (QED) is 0.737. The standard InChI is InChI=1S/C22H20N4S2/c1-13-3-7-15(8-4-13)18-17(11-23)20(25)28-19(22(18,12-24)21(26)27)16-9-5-14(2)6-10-16/h3-10,18-19H,25H2,1-2H3,(H2,26,27). The molecule has 3 unspecified atom stereocenters. The van der Waals surface area contributed by atoms with Crippen molar-refractivity contribution in [2.24, 2.45) is 16.9 Å². The number of benzene rings is 2. The van der Waals surface area contributed by atoms with Crippen molar-refractivity contribution < 1.29 is 0 Å². The van der Waals surface area contributed by atoms with Crippen LogP contribution in [-0.2, 0) is 0 Å². The Labute approximate surface area is 174 Å². The molecule has 2 aromatic rings. The number of nitriles is 2. The van der Waals surface area contributed by atoms with Crippen LogP contribution in [0.4, 0.5) is 0 Å². The van der Waals surface area contributed by atoms with Crippen molar-refractivity contribution in [3.05, 3.63) is 81.4 Å². The average molecular weight is 405 g/mol. The van der Waals surface area contributed by atoms with Gasteiger partial charge < -0.3 is 11.5 Å². The summed E-state index contributed by atoms with van der Waals surface area (Å²) in [7, 11) is 0. The normalized spacial score (nSPS) is 24.3. The van der Waals surface area contributed by atoms with Crippen LogP contribution in [0.15, 0.2) is 59.1 Å². The molecule has 140 valence electrons. The molecule has 1 aliphatic rings. The van der Waals surface area contributed by atoms with Gasteiger partial charge in [-0.25, -0.2) is 0 Å². The van der Waals surface area contributed by atoms with E-state index in [1.807, 2.05) is 62.4 Å². The zero-order valence-corrected chi connectivity index (χ0v) is 17.3. The van der Waals surface area contributed by atoms with Gasteiger partial charge in [-0.15, -0.1) is 0 Å². The van der Waals surface area contributed by atoms with Gasteiger partial charge in [0.1, 0.15) is 5.41 Å². The molecule has 0 saturated heterocycles. The first-order chi connectivity index (χ1) is 13.3. The maximum absolute atomic E-state index is 10.4. The molecule has 1 heterocycles. The van der Waals surface area contributed by atoms with Crippen LogP contribution in [0.5, 0.6) is 0 Å². The van der Waals surface area contributed by atoms with Gasteiger partial charge in [0.25, 0.3) is 0 Å². The lowest BCUT2D eigenvalue weighted by Crippen LogP contribution is -2.47. The molecule has 3 atom stereocenters. The van der Waals surface area contributed by atoms with E-state index in [1.165, 1.54) is 11.8 Å². The summed E-state index contributed by atoms with van der Waals surface area (Å²) < 4.78 is 0. The van der Waals surface area contributed by atoms with Gasteiger partial charge in [0, 0.05) is 5.92 Å². The zero-order valence-electron chi connectivity index (χ0n) is 15.6. The average Bonchev–Trinajstić information content (AvgIpc) is 2.68. The highest BCUT2D eigenvalue weighted by Gasteiger charge is 2.55. The van der Waals surface area contributed by atoms with Crippen molar-refractivity contribution in [3.63, 3.8) is 0 Å². The summed E-state index contributed by atoms with van der Waals surface area (Å²) in [5.41, 5.74) is 15.5. The molecule has 2 aromatic carbocycles. The number of hydrogen-bond donors (Lipinski definition) is 2. The Morgan fingerprint density at radius 1 is 1.00 bits per heavy atom. The van der Waals surface area contributed by atoms with Crippen molar-refractivity contribution in [2.45, 2.75) is 25.0 Å². The van der Waals surface area contributed by atoms with E-state index in [2.05, 4.69) is 12.1 Å². The summed E-state index contributed by atoms with van der Waals surface area (Å²) >= 11 is 6.73. The van der Waals surface area contributed by atoms with E-state index in [0.717, 1.165) is 22.3 Å². The summed E-state index contributed by atoms with van der Waals surface area (Å²) in [4.78, 5) is 0.0684. The smallest absolute Gasteiger partial charge is 0.135 e. The molecule has 0 spiro atoms. The van der Waals surface area contributed by atoms with Crippen LogP contribution in [0.1, 0.15) is 33.4 Å². The molecule has 0 bridgehead atoms. The lowest BCUT2D eigenvalue weighted by Gasteiger charge is -2.44. The Balaban J connectivity index is 2.32. The summed E-state index contributed by atoms with van der Waals surface area (Å²) in [6.07, 6.45) is 0. The van der Waals surface area contributed by atoms with Crippen LogP contribution < -0.4 is 11.5 Å². The Kier molecular flexibility index (Phi) is 5.47. The maximum atomic E-state index is 10.4. The van der Waals surface area contributed by atoms with Gasteiger partial charge >= 0.3 is 0 Å². The molecule has 28 heavy (non-hydrogen) atoms. The SMILES string of the molecule is Cc1ccc(C2SC(N)=C(C#N)C(c3ccc(C)cc3)C2(C#N)C(N)=S)cc1. The Hall–Kier alpha value is -2.80. The van der Waals surface area contributed by atoms with Gasteiger partial charge in [-0.1, -0.05) is 83.6 Å². The lowest BCUT2D eigenvalue weighted by molar-refractivity contribution is 0.462. The van der Waals surface area contributed by atoms with Crippen LogP contribution in [0.25, 0.3) is 0 Å². The molecule has 0 radical (unpaired) electrons. The summed E-state index contributed by atoms with van der Waals surface area (Å²) in [5, 5.41) is 20.2. The first-order valence-electron chi connectivity index (χ1n) is 8.75. The van der Waals surface area contributed by atoms with Gasteiger partial charge in [-0.3, -0.25) is 0 Å². The third-order valence-corrected chi connectivity index (χ3v) is 6.86. The molecular weight excluding hydrogens is 384 g/mol. The number of rotatable bonds is 3. The highest BCUT2D eigenvalue weighted by atomic mass is 32.2. The van der Waals surface area contributed by atoms with Crippen molar-refractivity contribution in [3.8, 4) is 12.1 Å².